The molecule has 112 valence electrons. The molecule has 20 heavy (non-hydrogen) atoms. The van der Waals surface area contributed by atoms with Crippen LogP contribution < -0.4 is 5.32 Å². The lowest BCUT2D eigenvalue weighted by Gasteiger charge is -2.16. The molecule has 4 heteroatoms. The molecule has 3 nitrogen and oxygen atoms in total. The molecule has 1 aromatic carbocycles. The summed E-state index contributed by atoms with van der Waals surface area (Å²) in [6.07, 6.45) is 0.809. The van der Waals surface area contributed by atoms with Crippen LogP contribution >= 0.6 is 11.8 Å². The van der Waals surface area contributed by atoms with Crippen molar-refractivity contribution < 1.29 is 9.53 Å². The number of benzene rings is 1. The molecular weight excluding hydrogens is 270 g/mol. The number of thioether (sulfide) groups is 1. The molecule has 1 aromatic rings. The van der Waals surface area contributed by atoms with E-state index in [0.29, 0.717) is 6.61 Å². The second-order valence-electron chi connectivity index (χ2n) is 4.63. The number of hydrogen-bond donors (Lipinski definition) is 1. The van der Waals surface area contributed by atoms with Gasteiger partial charge in [-0.15, -0.1) is 0 Å². The van der Waals surface area contributed by atoms with Crippen molar-refractivity contribution >= 4 is 17.7 Å². The maximum absolute atomic E-state index is 11.8. The van der Waals surface area contributed by atoms with Gasteiger partial charge < -0.3 is 10.1 Å². The van der Waals surface area contributed by atoms with E-state index >= 15 is 0 Å². The van der Waals surface area contributed by atoms with Gasteiger partial charge in [0.1, 0.15) is 6.04 Å². The van der Waals surface area contributed by atoms with Crippen molar-refractivity contribution in [3.05, 3.63) is 35.4 Å². The Morgan fingerprint density at radius 3 is 2.75 bits per heavy atom. The number of ether oxygens (including phenoxy) is 1. The van der Waals surface area contributed by atoms with Gasteiger partial charge in [0, 0.05) is 5.75 Å². The van der Waals surface area contributed by atoms with Crippen LogP contribution in [-0.4, -0.2) is 30.9 Å². The Kier molecular flexibility index (Phi) is 8.38. The van der Waals surface area contributed by atoms with Crippen molar-refractivity contribution in [1.29, 1.82) is 0 Å². The number of nitrogens with one attached hydrogen (secondary N) is 1. The molecule has 0 aromatic heterocycles. The molecule has 0 fully saturated rings. The van der Waals surface area contributed by atoms with Crippen LogP contribution in [0.15, 0.2) is 24.3 Å². The summed E-state index contributed by atoms with van der Waals surface area (Å²) < 4.78 is 5.08. The number of rotatable bonds is 9. The second kappa shape index (κ2) is 9.83. The Labute approximate surface area is 126 Å². The van der Waals surface area contributed by atoms with Crippen LogP contribution in [0.25, 0.3) is 0 Å². The van der Waals surface area contributed by atoms with E-state index in [4.69, 9.17) is 4.74 Å². The molecule has 0 amide bonds. The van der Waals surface area contributed by atoms with Gasteiger partial charge >= 0.3 is 5.97 Å². The Morgan fingerprint density at radius 1 is 1.35 bits per heavy atom. The average Bonchev–Trinajstić information content (AvgIpc) is 2.44. The van der Waals surface area contributed by atoms with Crippen LogP contribution in [0.5, 0.6) is 0 Å². The maximum atomic E-state index is 11.8. The number of esters is 1. The predicted octanol–water partition coefficient (Wildman–Crippen LogP) is 3.16. The fraction of sp³-hybridized carbons (Fsp3) is 0.562. The van der Waals surface area contributed by atoms with Gasteiger partial charge in [-0.2, -0.15) is 11.8 Å². The number of aryl methyl sites for hydroxylation is 1. The number of carbonyl (C=O) groups is 1. The van der Waals surface area contributed by atoms with Gasteiger partial charge in [0.25, 0.3) is 0 Å². The highest BCUT2D eigenvalue weighted by Crippen LogP contribution is 2.17. The smallest absolute Gasteiger partial charge is 0.323 e. The first kappa shape index (κ1) is 17.1. The average molecular weight is 295 g/mol. The van der Waals surface area contributed by atoms with E-state index in [0.717, 1.165) is 24.5 Å². The highest BCUT2D eigenvalue weighted by Gasteiger charge is 2.17. The molecule has 1 N–H and O–H groups in total. The van der Waals surface area contributed by atoms with E-state index in [9.17, 15) is 4.79 Å². The first-order valence-corrected chi connectivity index (χ1v) is 8.36. The molecule has 0 bridgehead atoms. The molecule has 1 rings (SSSR count). The number of hydrogen-bond acceptors (Lipinski definition) is 4. The zero-order chi connectivity index (χ0) is 14.8. The molecule has 0 aliphatic carbocycles. The van der Waals surface area contributed by atoms with Crippen LogP contribution in [0.3, 0.4) is 0 Å². The first-order valence-electron chi connectivity index (χ1n) is 7.21. The topological polar surface area (TPSA) is 38.3 Å². The summed E-state index contributed by atoms with van der Waals surface area (Å²) in [4.78, 5) is 11.8. The van der Waals surface area contributed by atoms with E-state index in [-0.39, 0.29) is 12.0 Å². The van der Waals surface area contributed by atoms with E-state index in [1.807, 2.05) is 25.6 Å². The summed E-state index contributed by atoms with van der Waals surface area (Å²) in [5, 5.41) is 3.19. The van der Waals surface area contributed by atoms with Crippen LogP contribution in [0.1, 0.15) is 31.4 Å². The SMILES string of the molecule is CCNC(CCSCc1ccccc1C)C(=O)OCC. The van der Waals surface area contributed by atoms with Gasteiger partial charge in [0.05, 0.1) is 6.61 Å². The zero-order valence-corrected chi connectivity index (χ0v) is 13.5. The molecule has 0 saturated carbocycles. The molecule has 1 atom stereocenters. The van der Waals surface area contributed by atoms with Crippen molar-refractivity contribution in [3.63, 3.8) is 0 Å². The van der Waals surface area contributed by atoms with Crippen LogP contribution in [0.4, 0.5) is 0 Å². The second-order valence-corrected chi connectivity index (χ2v) is 5.74. The maximum Gasteiger partial charge on any atom is 0.323 e. The third kappa shape index (κ3) is 5.97. The minimum atomic E-state index is -0.177. The van der Waals surface area contributed by atoms with Crippen LogP contribution in [0.2, 0.25) is 0 Å². The fourth-order valence-electron chi connectivity index (χ4n) is 1.95. The number of carbonyl (C=O) groups excluding carboxylic acids is 1. The highest BCUT2D eigenvalue weighted by molar-refractivity contribution is 7.98. The van der Waals surface area contributed by atoms with Gasteiger partial charge in [-0.1, -0.05) is 31.2 Å². The summed E-state index contributed by atoms with van der Waals surface area (Å²) in [6, 6.07) is 8.25. The van der Waals surface area contributed by atoms with Gasteiger partial charge in [0.2, 0.25) is 0 Å². The van der Waals surface area contributed by atoms with E-state index in [1.54, 1.807) is 0 Å². The molecular formula is C16H25NO2S. The molecule has 0 saturated heterocycles. The largest absolute Gasteiger partial charge is 0.465 e. The van der Waals surface area contributed by atoms with Gasteiger partial charge in [-0.05, 0) is 43.7 Å². The number of likely N-dealkylation sites (N-methyl/N-ethyl adjacent to an activating group) is 1. The zero-order valence-electron chi connectivity index (χ0n) is 12.6. The summed E-state index contributed by atoms with van der Waals surface area (Å²) >= 11 is 1.86. The van der Waals surface area contributed by atoms with E-state index < -0.39 is 0 Å². The normalized spacial score (nSPS) is 12.2. The van der Waals surface area contributed by atoms with Crippen molar-refractivity contribution in [1.82, 2.24) is 5.32 Å². The molecule has 0 spiro atoms. The predicted molar refractivity (Wildman–Crippen MR) is 86.1 cm³/mol. The van der Waals surface area contributed by atoms with Crippen molar-refractivity contribution in [2.45, 2.75) is 39.0 Å². The monoisotopic (exact) mass is 295 g/mol. The summed E-state index contributed by atoms with van der Waals surface area (Å²) in [5.41, 5.74) is 2.70. The quantitative estimate of drug-likeness (QED) is 0.561. The first-order chi connectivity index (χ1) is 9.69. The summed E-state index contributed by atoms with van der Waals surface area (Å²) in [7, 11) is 0. The van der Waals surface area contributed by atoms with Crippen molar-refractivity contribution in [2.75, 3.05) is 18.9 Å². The Morgan fingerprint density at radius 2 is 2.10 bits per heavy atom. The molecule has 0 aliphatic heterocycles. The summed E-state index contributed by atoms with van der Waals surface area (Å²) in [5.74, 6) is 1.81. The third-order valence-electron chi connectivity index (χ3n) is 3.09. The molecule has 0 radical (unpaired) electrons. The lowest BCUT2D eigenvalue weighted by atomic mass is 10.1. The Bertz CT molecular complexity index is 409. The standard InChI is InChI=1S/C16H25NO2S/c1-4-17-15(16(18)19-5-2)10-11-20-12-14-9-7-6-8-13(14)3/h6-9,15,17H,4-5,10-12H2,1-3H3. The van der Waals surface area contributed by atoms with E-state index in [2.05, 4.69) is 36.5 Å². The minimum absolute atomic E-state index is 0.133. The third-order valence-corrected chi connectivity index (χ3v) is 4.13. The van der Waals surface area contributed by atoms with Gasteiger partial charge in [0.15, 0.2) is 0 Å². The van der Waals surface area contributed by atoms with E-state index in [1.165, 1.54) is 11.1 Å². The van der Waals surface area contributed by atoms with Gasteiger partial charge in [-0.3, -0.25) is 4.79 Å². The Balaban J connectivity index is 2.33. The molecule has 1 unspecified atom stereocenters. The Hall–Kier alpha value is -1.00. The van der Waals surface area contributed by atoms with Gasteiger partial charge in [-0.25, -0.2) is 0 Å². The minimum Gasteiger partial charge on any atom is -0.465 e. The highest BCUT2D eigenvalue weighted by atomic mass is 32.2. The van der Waals surface area contributed by atoms with Crippen molar-refractivity contribution in [2.24, 2.45) is 0 Å². The van der Waals surface area contributed by atoms with Crippen molar-refractivity contribution in [3.8, 4) is 0 Å². The van der Waals surface area contributed by atoms with Crippen LogP contribution in [0, 0.1) is 6.92 Å². The lowest BCUT2D eigenvalue weighted by Crippen LogP contribution is -2.38. The lowest BCUT2D eigenvalue weighted by molar-refractivity contribution is -0.145. The molecule has 0 heterocycles. The molecule has 0 aliphatic rings. The van der Waals surface area contributed by atoms with Crippen LogP contribution in [-0.2, 0) is 15.3 Å². The fourth-order valence-corrected chi connectivity index (χ4v) is 3.04. The summed E-state index contributed by atoms with van der Waals surface area (Å²) in [6.45, 7) is 7.21.